The molecule has 2 aliphatic rings. The van der Waals surface area contributed by atoms with Crippen molar-refractivity contribution in [3.05, 3.63) is 88.8 Å². The number of carbonyl (C=O) groups excluding carboxylic acids is 2. The molecule has 4 aromatic rings. The van der Waals surface area contributed by atoms with E-state index in [9.17, 15) is 29.7 Å². The predicted molar refractivity (Wildman–Crippen MR) is 180 cm³/mol. The van der Waals surface area contributed by atoms with E-state index in [0.29, 0.717) is 35.8 Å². The third kappa shape index (κ3) is 8.43. The fourth-order valence-corrected chi connectivity index (χ4v) is 5.64. The maximum Gasteiger partial charge on any atom is 0.408 e. The number of aliphatic hydroxyl groups is 3. The van der Waals surface area contributed by atoms with E-state index in [1.807, 2.05) is 6.07 Å². The second kappa shape index (κ2) is 15.0. The van der Waals surface area contributed by atoms with E-state index < -0.39 is 61.0 Å². The molecule has 0 saturated carbocycles. The summed E-state index contributed by atoms with van der Waals surface area (Å²) in [7, 11) is 0. The van der Waals surface area contributed by atoms with Gasteiger partial charge in [0.1, 0.15) is 73.5 Å². The maximum atomic E-state index is 13.4. The number of rotatable bonds is 9. The summed E-state index contributed by atoms with van der Waals surface area (Å²) >= 11 is 0. The predicted octanol–water partition coefficient (Wildman–Crippen LogP) is 3.10. The number of aliphatic hydroxyl groups excluding tert-OH is 3. The first-order valence-corrected chi connectivity index (χ1v) is 16.4. The van der Waals surface area contributed by atoms with Crippen molar-refractivity contribution in [2.45, 2.75) is 69.5 Å². The molecule has 1 aromatic heterocycles. The topological polar surface area (TPSA) is 192 Å². The Morgan fingerprint density at radius 2 is 1.67 bits per heavy atom. The van der Waals surface area contributed by atoms with Gasteiger partial charge in [0.05, 0.1) is 10.9 Å². The quantitative estimate of drug-likeness (QED) is 0.186. The molecule has 0 bridgehead atoms. The van der Waals surface area contributed by atoms with Gasteiger partial charge in [0.15, 0.2) is 16.9 Å². The number of amides is 1. The normalized spacial score (nSPS) is 22.1. The number of fused-ring (bicyclic) bond motifs is 2. The highest BCUT2D eigenvalue weighted by Crippen LogP contribution is 2.34. The van der Waals surface area contributed by atoms with Gasteiger partial charge >= 0.3 is 12.1 Å². The zero-order valence-electron chi connectivity index (χ0n) is 28.1. The molecule has 14 nitrogen and oxygen atoms in total. The third-order valence-corrected chi connectivity index (χ3v) is 8.17. The molecule has 1 amide bonds. The Balaban J connectivity index is 1.13. The lowest BCUT2D eigenvalue weighted by atomic mass is 9.99. The first kappa shape index (κ1) is 35.7. The van der Waals surface area contributed by atoms with Crippen LogP contribution in [0.2, 0.25) is 0 Å². The van der Waals surface area contributed by atoms with Crippen LogP contribution in [0, 0.1) is 0 Å². The summed E-state index contributed by atoms with van der Waals surface area (Å²) in [5.74, 6) is 0.381. The SMILES string of the molecule is CC(C)(C)OC(=O)N[C@H](Cc1ccccc1)C(=O)OC[C@H]1O[C@@H](Oc2ccc3c(=O)c(-c4ccc5c(c4)OCCO5)coc3c2)[C@@H](O)[C@@H](O)[C@@H]1O. The summed E-state index contributed by atoms with van der Waals surface area (Å²) in [5.41, 5.74) is 0.686. The van der Waals surface area contributed by atoms with Crippen LogP contribution in [0.1, 0.15) is 26.3 Å². The molecule has 0 unspecified atom stereocenters. The Kier molecular flexibility index (Phi) is 10.5. The van der Waals surface area contributed by atoms with E-state index in [-0.39, 0.29) is 28.6 Å². The van der Waals surface area contributed by atoms with Crippen LogP contribution < -0.4 is 25.0 Å². The average Bonchev–Trinajstić information content (AvgIpc) is 3.10. The smallest absolute Gasteiger partial charge is 0.408 e. The summed E-state index contributed by atoms with van der Waals surface area (Å²) in [5, 5.41) is 34.8. The van der Waals surface area contributed by atoms with Gasteiger partial charge in [0, 0.05) is 12.5 Å². The molecular formula is C37H39NO13. The lowest BCUT2D eigenvalue weighted by Gasteiger charge is -2.40. The van der Waals surface area contributed by atoms with Gasteiger partial charge in [-0.1, -0.05) is 36.4 Å². The molecule has 4 N–H and O–H groups in total. The summed E-state index contributed by atoms with van der Waals surface area (Å²) in [6, 6.07) is 17.3. The number of alkyl carbamates (subject to hydrolysis) is 1. The molecule has 6 rings (SSSR count). The van der Waals surface area contributed by atoms with Crippen molar-refractivity contribution in [1.82, 2.24) is 5.32 Å². The van der Waals surface area contributed by atoms with Crippen molar-refractivity contribution >= 4 is 23.0 Å². The molecule has 0 aliphatic carbocycles. The molecule has 14 heteroatoms. The second-order valence-corrected chi connectivity index (χ2v) is 13.1. The fraction of sp³-hybridized carbons (Fsp3) is 0.378. The van der Waals surface area contributed by atoms with Gasteiger partial charge in [-0.25, -0.2) is 9.59 Å². The molecule has 3 aromatic carbocycles. The van der Waals surface area contributed by atoms with Gasteiger partial charge in [-0.05, 0) is 56.2 Å². The zero-order valence-corrected chi connectivity index (χ0v) is 28.1. The van der Waals surface area contributed by atoms with Crippen LogP contribution in [0.3, 0.4) is 0 Å². The number of nitrogens with one attached hydrogen (secondary N) is 1. The molecule has 0 spiro atoms. The summed E-state index contributed by atoms with van der Waals surface area (Å²) < 4.78 is 39.3. The first-order chi connectivity index (χ1) is 24.4. The number of carbonyl (C=O) groups is 2. The molecule has 3 heterocycles. The average molecular weight is 706 g/mol. The van der Waals surface area contributed by atoms with E-state index in [1.54, 1.807) is 63.2 Å². The van der Waals surface area contributed by atoms with Crippen molar-refractivity contribution in [2.24, 2.45) is 0 Å². The minimum absolute atomic E-state index is 0.0797. The van der Waals surface area contributed by atoms with E-state index >= 15 is 0 Å². The van der Waals surface area contributed by atoms with Crippen LogP contribution in [0.4, 0.5) is 4.79 Å². The second-order valence-electron chi connectivity index (χ2n) is 13.1. The van der Waals surface area contributed by atoms with Gasteiger partial charge in [0.25, 0.3) is 0 Å². The molecule has 0 radical (unpaired) electrons. The molecule has 1 saturated heterocycles. The summed E-state index contributed by atoms with van der Waals surface area (Å²) in [6.07, 6.45) is -7.38. The minimum Gasteiger partial charge on any atom is -0.486 e. The molecule has 2 aliphatic heterocycles. The molecule has 1 fully saturated rings. The van der Waals surface area contributed by atoms with Crippen LogP contribution in [-0.4, -0.2) is 89.6 Å². The van der Waals surface area contributed by atoms with Crippen molar-refractivity contribution in [2.75, 3.05) is 19.8 Å². The van der Waals surface area contributed by atoms with E-state index in [0.717, 1.165) is 5.56 Å². The van der Waals surface area contributed by atoms with Crippen molar-refractivity contribution < 1.29 is 57.7 Å². The molecule has 51 heavy (non-hydrogen) atoms. The Bertz CT molecular complexity index is 1920. The maximum absolute atomic E-state index is 13.4. The Morgan fingerprint density at radius 1 is 0.922 bits per heavy atom. The lowest BCUT2D eigenvalue weighted by molar-refractivity contribution is -0.278. The van der Waals surface area contributed by atoms with Gasteiger partial charge in [0.2, 0.25) is 6.29 Å². The Hall–Kier alpha value is -5.15. The van der Waals surface area contributed by atoms with Crippen molar-refractivity contribution in [3.8, 4) is 28.4 Å². The number of esters is 1. The van der Waals surface area contributed by atoms with Crippen molar-refractivity contribution in [1.29, 1.82) is 0 Å². The van der Waals surface area contributed by atoms with Crippen LogP contribution >= 0.6 is 0 Å². The summed E-state index contributed by atoms with van der Waals surface area (Å²) in [4.78, 5) is 39.2. The number of ether oxygens (including phenoxy) is 6. The number of hydrogen-bond acceptors (Lipinski definition) is 13. The largest absolute Gasteiger partial charge is 0.486 e. The number of benzene rings is 3. The molecular weight excluding hydrogens is 666 g/mol. The van der Waals surface area contributed by atoms with Crippen LogP contribution in [0.5, 0.6) is 17.2 Å². The highest BCUT2D eigenvalue weighted by Gasteiger charge is 2.46. The highest BCUT2D eigenvalue weighted by atomic mass is 16.7. The zero-order chi connectivity index (χ0) is 36.3. The highest BCUT2D eigenvalue weighted by molar-refractivity contribution is 5.83. The minimum atomic E-state index is -1.74. The van der Waals surface area contributed by atoms with E-state index in [4.69, 9.17) is 32.8 Å². The summed E-state index contributed by atoms with van der Waals surface area (Å²) in [6.45, 7) is 5.34. The van der Waals surface area contributed by atoms with E-state index in [2.05, 4.69) is 5.32 Å². The monoisotopic (exact) mass is 705 g/mol. The van der Waals surface area contributed by atoms with Crippen LogP contribution in [0.25, 0.3) is 22.1 Å². The van der Waals surface area contributed by atoms with Gasteiger partial charge < -0.3 is 53.5 Å². The third-order valence-electron chi connectivity index (χ3n) is 8.17. The van der Waals surface area contributed by atoms with Gasteiger partial charge in [-0.15, -0.1) is 0 Å². The van der Waals surface area contributed by atoms with Crippen molar-refractivity contribution in [3.63, 3.8) is 0 Å². The molecule has 270 valence electrons. The van der Waals surface area contributed by atoms with E-state index in [1.165, 1.54) is 24.5 Å². The Labute approximate surface area is 292 Å². The van der Waals surface area contributed by atoms with Crippen LogP contribution in [-0.2, 0) is 25.4 Å². The van der Waals surface area contributed by atoms with Gasteiger partial charge in [-0.3, -0.25) is 4.79 Å². The first-order valence-electron chi connectivity index (χ1n) is 16.4. The molecule has 6 atom stereocenters. The van der Waals surface area contributed by atoms with Crippen LogP contribution in [0.15, 0.2) is 82.2 Å². The Morgan fingerprint density at radius 3 is 2.41 bits per heavy atom. The fourth-order valence-electron chi connectivity index (χ4n) is 5.64. The van der Waals surface area contributed by atoms with Gasteiger partial charge in [-0.2, -0.15) is 0 Å². The number of hydrogen-bond donors (Lipinski definition) is 4. The standard InChI is InChI=1S/C37H39NO13/c1-37(2,3)51-36(44)38-25(15-20-7-5-4-6-8-20)34(43)48-19-29-31(40)32(41)33(42)35(50-29)49-22-10-11-23-27(17-22)47-18-24(30(23)39)21-9-12-26-28(16-21)46-14-13-45-26/h4-12,16-18,25,29,31-33,35,40-42H,13-15,19H2,1-3H3,(H,38,44)/t25-,29-,31-,32+,33+,35-/m1/s1. The lowest BCUT2D eigenvalue weighted by Crippen LogP contribution is -2.60.